The molecule has 4 rings (SSSR count). The third-order valence-electron chi connectivity index (χ3n) is 5.49. The lowest BCUT2D eigenvalue weighted by molar-refractivity contribution is 0.742. The van der Waals surface area contributed by atoms with E-state index in [-0.39, 0.29) is 6.04 Å². The molecule has 0 fully saturated rings. The number of rotatable bonds is 7. The van der Waals surface area contributed by atoms with Crippen molar-refractivity contribution in [1.29, 1.82) is 0 Å². The van der Waals surface area contributed by atoms with Gasteiger partial charge in [-0.1, -0.05) is 121 Å². The van der Waals surface area contributed by atoms with Gasteiger partial charge in [0.2, 0.25) is 0 Å². The van der Waals surface area contributed by atoms with Gasteiger partial charge in [-0.15, -0.1) is 6.58 Å². The Morgan fingerprint density at radius 2 is 0.935 bits per heavy atom. The molecule has 0 aromatic heterocycles. The van der Waals surface area contributed by atoms with Crippen LogP contribution in [0.2, 0.25) is 0 Å². The number of benzene rings is 4. The predicted molar refractivity (Wildman–Crippen MR) is 133 cm³/mol. The number of hydrogen-bond donors (Lipinski definition) is 1. The van der Waals surface area contributed by atoms with Crippen LogP contribution in [0.3, 0.4) is 0 Å². The van der Waals surface area contributed by atoms with Gasteiger partial charge in [-0.05, 0) is 45.4 Å². The first-order valence-corrected chi connectivity index (χ1v) is 10.7. The largest absolute Gasteiger partial charge is 0.324 e. The molecule has 1 unspecified atom stereocenters. The topological polar surface area (TPSA) is 26.0 Å². The minimum Gasteiger partial charge on any atom is -0.324 e. The highest BCUT2D eigenvalue weighted by atomic mass is 14.6. The van der Waals surface area contributed by atoms with Crippen molar-refractivity contribution in [3.63, 3.8) is 0 Å². The van der Waals surface area contributed by atoms with Crippen molar-refractivity contribution in [3.8, 4) is 0 Å². The van der Waals surface area contributed by atoms with Crippen LogP contribution in [-0.4, -0.2) is 0 Å². The molecule has 152 valence electrons. The van der Waals surface area contributed by atoms with Gasteiger partial charge in [-0.3, -0.25) is 0 Å². The van der Waals surface area contributed by atoms with Crippen molar-refractivity contribution < 1.29 is 0 Å². The molecule has 0 heterocycles. The maximum Gasteiger partial charge on any atom is 0.0329 e. The predicted octanol–water partition coefficient (Wildman–Crippen LogP) is 7.27. The van der Waals surface area contributed by atoms with Crippen LogP contribution in [0.1, 0.15) is 40.3 Å². The smallest absolute Gasteiger partial charge is 0.0329 e. The van der Waals surface area contributed by atoms with E-state index in [4.69, 9.17) is 5.73 Å². The van der Waals surface area contributed by atoms with Crippen molar-refractivity contribution in [2.45, 2.75) is 12.5 Å². The quantitative estimate of drug-likeness (QED) is 0.256. The van der Waals surface area contributed by atoms with Crippen LogP contribution in [0.4, 0.5) is 0 Å². The molecule has 0 amide bonds. The Morgan fingerprint density at radius 3 is 1.29 bits per heavy atom. The first-order valence-electron chi connectivity index (χ1n) is 10.7. The summed E-state index contributed by atoms with van der Waals surface area (Å²) in [4.78, 5) is 0. The Labute approximate surface area is 185 Å². The fraction of sp³-hybridized carbons (Fsp3) is 0.0667. The molecule has 4 aromatic rings. The molecule has 1 heteroatoms. The zero-order valence-electron chi connectivity index (χ0n) is 17.6. The maximum atomic E-state index is 6.30. The molecule has 4 aromatic carbocycles. The van der Waals surface area contributed by atoms with Gasteiger partial charge in [0.1, 0.15) is 0 Å². The summed E-state index contributed by atoms with van der Waals surface area (Å²) >= 11 is 0. The summed E-state index contributed by atoms with van der Waals surface area (Å²) in [5, 5.41) is 0. The first kappa shape index (κ1) is 20.6. The zero-order valence-corrected chi connectivity index (χ0v) is 17.6. The van der Waals surface area contributed by atoms with E-state index >= 15 is 0 Å². The van der Waals surface area contributed by atoms with Crippen LogP contribution in [0.15, 0.2) is 128 Å². The summed E-state index contributed by atoms with van der Waals surface area (Å²) in [6.07, 6.45) is 2.64. The summed E-state index contributed by atoms with van der Waals surface area (Å²) in [5.74, 6) is 0. The highest BCUT2D eigenvalue weighted by Crippen LogP contribution is 2.37. The van der Waals surface area contributed by atoms with Gasteiger partial charge in [0, 0.05) is 6.04 Å². The van der Waals surface area contributed by atoms with Crippen molar-refractivity contribution >= 4 is 11.1 Å². The minimum atomic E-state index is -0.0292. The van der Waals surface area contributed by atoms with Gasteiger partial charge in [-0.2, -0.15) is 0 Å². The first-order chi connectivity index (χ1) is 15.3. The second kappa shape index (κ2) is 9.88. The summed E-state index contributed by atoms with van der Waals surface area (Å²) < 4.78 is 0. The molecule has 0 spiro atoms. The second-order valence-electron chi connectivity index (χ2n) is 7.60. The molecule has 31 heavy (non-hydrogen) atoms. The lowest BCUT2D eigenvalue weighted by Crippen LogP contribution is -2.08. The monoisotopic (exact) mass is 401 g/mol. The lowest BCUT2D eigenvalue weighted by atomic mass is 9.85. The highest BCUT2D eigenvalue weighted by molar-refractivity contribution is 6.04. The van der Waals surface area contributed by atoms with Gasteiger partial charge in [0.15, 0.2) is 0 Å². The van der Waals surface area contributed by atoms with Gasteiger partial charge in [-0.25, -0.2) is 0 Å². The maximum absolute atomic E-state index is 6.30. The van der Waals surface area contributed by atoms with Gasteiger partial charge in [0.05, 0.1) is 0 Å². The van der Waals surface area contributed by atoms with E-state index in [1.165, 1.54) is 33.4 Å². The molecule has 1 atom stereocenters. The normalized spacial score (nSPS) is 11.5. The van der Waals surface area contributed by atoms with Crippen LogP contribution >= 0.6 is 0 Å². The summed E-state index contributed by atoms with van der Waals surface area (Å²) in [5.41, 5.74) is 14.6. The standard InChI is InChI=1S/C30H27N/c1-2-12-28(31)23-19-21-27(22-20-23)30(26-17-10-5-11-18-26)29(24-13-6-3-7-14-24)25-15-8-4-9-16-25/h2-11,13-22,28H,1,12,31H2. The van der Waals surface area contributed by atoms with Crippen LogP contribution < -0.4 is 5.73 Å². The fourth-order valence-electron chi connectivity index (χ4n) is 3.94. The summed E-state index contributed by atoms with van der Waals surface area (Å²) in [7, 11) is 0. The Bertz CT molecular complexity index is 1100. The molecule has 0 bridgehead atoms. The van der Waals surface area contributed by atoms with Crippen molar-refractivity contribution in [2.75, 3.05) is 0 Å². The van der Waals surface area contributed by atoms with Gasteiger partial charge >= 0.3 is 0 Å². The minimum absolute atomic E-state index is 0.0292. The van der Waals surface area contributed by atoms with Crippen molar-refractivity contribution in [2.24, 2.45) is 5.73 Å². The Morgan fingerprint density at radius 1 is 0.581 bits per heavy atom. The third-order valence-corrected chi connectivity index (χ3v) is 5.49. The molecule has 0 aliphatic rings. The van der Waals surface area contributed by atoms with Gasteiger partial charge < -0.3 is 5.73 Å². The Hall–Kier alpha value is -3.68. The third kappa shape index (κ3) is 4.74. The molecule has 2 N–H and O–H groups in total. The van der Waals surface area contributed by atoms with Crippen LogP contribution in [0.5, 0.6) is 0 Å². The van der Waals surface area contributed by atoms with Crippen molar-refractivity contribution in [3.05, 3.63) is 156 Å². The highest BCUT2D eigenvalue weighted by Gasteiger charge is 2.16. The molecule has 0 aliphatic carbocycles. The Kier molecular flexibility index (Phi) is 6.56. The Balaban J connectivity index is 1.97. The van der Waals surface area contributed by atoms with E-state index in [1.807, 2.05) is 6.08 Å². The summed E-state index contributed by atoms with van der Waals surface area (Å²) in [6, 6.07) is 40.5. The zero-order chi connectivity index (χ0) is 21.5. The SMILES string of the molecule is C=CCC(N)c1ccc(C(=C(c2ccccc2)c2ccccc2)c2ccccc2)cc1. The van der Waals surface area contributed by atoms with Crippen molar-refractivity contribution in [1.82, 2.24) is 0 Å². The van der Waals surface area contributed by atoms with Crippen LogP contribution in [0, 0.1) is 0 Å². The molecule has 0 aliphatic heterocycles. The van der Waals surface area contributed by atoms with E-state index in [9.17, 15) is 0 Å². The van der Waals surface area contributed by atoms with Gasteiger partial charge in [0.25, 0.3) is 0 Å². The molecular formula is C30H27N. The number of nitrogens with two attached hydrogens (primary N) is 1. The molecule has 0 radical (unpaired) electrons. The van der Waals surface area contributed by atoms with Crippen LogP contribution in [0.25, 0.3) is 11.1 Å². The second-order valence-corrected chi connectivity index (χ2v) is 7.60. The molecule has 0 saturated heterocycles. The van der Waals surface area contributed by atoms with E-state index in [0.717, 1.165) is 12.0 Å². The molecular weight excluding hydrogens is 374 g/mol. The average molecular weight is 402 g/mol. The lowest BCUT2D eigenvalue weighted by Gasteiger charge is -2.19. The molecule has 1 nitrogen and oxygen atoms in total. The average Bonchev–Trinajstić information content (AvgIpc) is 2.84. The van der Waals surface area contributed by atoms with E-state index < -0.39 is 0 Å². The van der Waals surface area contributed by atoms with E-state index in [2.05, 4.69) is 122 Å². The molecule has 0 saturated carbocycles. The number of hydrogen-bond acceptors (Lipinski definition) is 1. The van der Waals surface area contributed by atoms with Crippen LogP contribution in [-0.2, 0) is 0 Å². The van der Waals surface area contributed by atoms with E-state index in [0.29, 0.717) is 0 Å². The summed E-state index contributed by atoms with van der Waals surface area (Å²) in [6.45, 7) is 3.81. The van der Waals surface area contributed by atoms with E-state index in [1.54, 1.807) is 0 Å². The fourth-order valence-corrected chi connectivity index (χ4v) is 3.94.